The van der Waals surface area contributed by atoms with Gasteiger partial charge in [0.05, 0.1) is 4.92 Å². The lowest BCUT2D eigenvalue weighted by atomic mass is 10.00. The highest BCUT2D eigenvalue weighted by atomic mass is 16.6. The van der Waals surface area contributed by atoms with Crippen molar-refractivity contribution in [3.63, 3.8) is 0 Å². The summed E-state index contributed by atoms with van der Waals surface area (Å²) in [7, 11) is 0. The Balaban J connectivity index is 1.61. The maximum absolute atomic E-state index is 10.7. The van der Waals surface area contributed by atoms with Gasteiger partial charge in [0.15, 0.2) is 0 Å². The van der Waals surface area contributed by atoms with Gasteiger partial charge in [0, 0.05) is 25.2 Å². The number of aryl methyl sites for hydroxylation is 3. The van der Waals surface area contributed by atoms with E-state index < -0.39 is 4.92 Å². The zero-order valence-corrected chi connectivity index (χ0v) is 16.4. The molecule has 3 aromatic carbocycles. The molecule has 0 radical (unpaired) electrons. The van der Waals surface area contributed by atoms with Crippen molar-refractivity contribution in [3.8, 4) is 11.5 Å². The van der Waals surface area contributed by atoms with E-state index in [1.165, 1.54) is 34.4 Å². The minimum atomic E-state index is -0.423. The molecule has 0 saturated carbocycles. The molecule has 0 saturated heterocycles. The first kappa shape index (κ1) is 19.6. The molecule has 0 heterocycles. The number of rotatable bonds is 7. The Morgan fingerprint density at radius 1 is 0.893 bits per heavy atom. The van der Waals surface area contributed by atoms with Crippen LogP contribution in [0.4, 0.5) is 5.69 Å². The summed E-state index contributed by atoms with van der Waals surface area (Å²) < 4.78 is 5.82. The molecule has 0 spiro atoms. The smallest absolute Gasteiger partial charge is 0.269 e. The minimum absolute atomic E-state index is 0.0481. The lowest BCUT2D eigenvalue weighted by molar-refractivity contribution is -0.384. The Bertz CT molecular complexity index is 958. The van der Waals surface area contributed by atoms with Gasteiger partial charge in [-0.3, -0.25) is 10.1 Å². The number of ether oxygens (including phenoxy) is 1. The number of nitrogens with zero attached hydrogens (tertiary/aromatic N) is 1. The summed E-state index contributed by atoms with van der Waals surface area (Å²) in [6.45, 7) is 7.95. The third-order valence-corrected chi connectivity index (χ3v) is 4.65. The molecule has 0 amide bonds. The van der Waals surface area contributed by atoms with Crippen LogP contribution in [0, 0.1) is 30.9 Å². The molecule has 3 rings (SSSR count). The van der Waals surface area contributed by atoms with Gasteiger partial charge in [0.1, 0.15) is 11.5 Å². The van der Waals surface area contributed by atoms with E-state index in [0.717, 1.165) is 18.7 Å². The van der Waals surface area contributed by atoms with E-state index in [1.54, 1.807) is 12.1 Å². The highest BCUT2D eigenvalue weighted by molar-refractivity contribution is 5.40. The van der Waals surface area contributed by atoms with E-state index in [-0.39, 0.29) is 5.69 Å². The first-order chi connectivity index (χ1) is 13.4. The van der Waals surface area contributed by atoms with Gasteiger partial charge in [-0.1, -0.05) is 29.8 Å². The van der Waals surface area contributed by atoms with E-state index in [9.17, 15) is 10.1 Å². The van der Waals surface area contributed by atoms with Gasteiger partial charge in [-0.05, 0) is 67.3 Å². The van der Waals surface area contributed by atoms with Crippen LogP contribution in [-0.2, 0) is 13.1 Å². The maximum atomic E-state index is 10.7. The van der Waals surface area contributed by atoms with Crippen molar-refractivity contribution < 1.29 is 9.66 Å². The van der Waals surface area contributed by atoms with Gasteiger partial charge in [-0.15, -0.1) is 0 Å². The molecule has 3 aromatic rings. The maximum Gasteiger partial charge on any atom is 0.269 e. The fourth-order valence-electron chi connectivity index (χ4n) is 3.31. The number of benzene rings is 3. The number of nitrogens with one attached hydrogen (secondary N) is 1. The van der Waals surface area contributed by atoms with E-state index >= 15 is 0 Å². The molecule has 0 fully saturated rings. The highest BCUT2D eigenvalue weighted by Gasteiger charge is 2.06. The first-order valence-electron chi connectivity index (χ1n) is 9.21. The van der Waals surface area contributed by atoms with E-state index in [2.05, 4.69) is 38.2 Å². The minimum Gasteiger partial charge on any atom is -0.457 e. The Morgan fingerprint density at radius 3 is 2.21 bits per heavy atom. The normalized spacial score (nSPS) is 10.7. The SMILES string of the molecule is Cc1cc(C)c(CNCc2cccc(Oc3ccc([N+](=O)[O-])cc3)c2)c(C)c1. The summed E-state index contributed by atoms with van der Waals surface area (Å²) in [6, 6.07) is 18.3. The fourth-order valence-corrected chi connectivity index (χ4v) is 3.31. The van der Waals surface area contributed by atoms with Crippen molar-refractivity contribution in [1.82, 2.24) is 5.32 Å². The molecule has 1 N–H and O–H groups in total. The molecule has 0 atom stereocenters. The van der Waals surface area contributed by atoms with Crippen molar-refractivity contribution in [2.45, 2.75) is 33.9 Å². The summed E-state index contributed by atoms with van der Waals surface area (Å²) >= 11 is 0. The van der Waals surface area contributed by atoms with Crippen LogP contribution in [0.1, 0.15) is 27.8 Å². The van der Waals surface area contributed by atoms with Gasteiger partial charge in [-0.2, -0.15) is 0 Å². The van der Waals surface area contributed by atoms with Gasteiger partial charge >= 0.3 is 0 Å². The van der Waals surface area contributed by atoms with Crippen molar-refractivity contribution in [1.29, 1.82) is 0 Å². The van der Waals surface area contributed by atoms with Crippen LogP contribution in [0.15, 0.2) is 60.7 Å². The summed E-state index contributed by atoms with van der Waals surface area (Å²) in [6.07, 6.45) is 0. The zero-order valence-electron chi connectivity index (χ0n) is 16.4. The topological polar surface area (TPSA) is 64.4 Å². The van der Waals surface area contributed by atoms with Crippen LogP contribution < -0.4 is 10.1 Å². The molecule has 5 heteroatoms. The summed E-state index contributed by atoms with van der Waals surface area (Å²) in [4.78, 5) is 10.3. The van der Waals surface area contributed by atoms with Crippen LogP contribution >= 0.6 is 0 Å². The predicted octanol–water partition coefficient (Wildman–Crippen LogP) is 5.60. The molecule has 5 nitrogen and oxygen atoms in total. The largest absolute Gasteiger partial charge is 0.457 e. The highest BCUT2D eigenvalue weighted by Crippen LogP contribution is 2.24. The molecule has 0 aromatic heterocycles. The van der Waals surface area contributed by atoms with Crippen LogP contribution in [-0.4, -0.2) is 4.92 Å². The van der Waals surface area contributed by atoms with Crippen molar-refractivity contribution in [2.24, 2.45) is 0 Å². The van der Waals surface area contributed by atoms with Crippen LogP contribution in [0.25, 0.3) is 0 Å². The standard InChI is InChI=1S/C23H24N2O3/c1-16-11-17(2)23(18(3)12-16)15-24-14-19-5-4-6-22(13-19)28-21-9-7-20(8-10-21)25(26)27/h4-13,24H,14-15H2,1-3H3. The third kappa shape index (κ3) is 4.96. The predicted molar refractivity (Wildman–Crippen MR) is 111 cm³/mol. The molecule has 144 valence electrons. The quantitative estimate of drug-likeness (QED) is 0.430. The number of hydrogen-bond donors (Lipinski definition) is 1. The van der Waals surface area contributed by atoms with E-state index in [4.69, 9.17) is 4.74 Å². The molecule has 0 aliphatic carbocycles. The van der Waals surface area contributed by atoms with E-state index in [1.807, 2.05) is 24.3 Å². The van der Waals surface area contributed by atoms with Gasteiger partial charge in [0.25, 0.3) is 5.69 Å². The van der Waals surface area contributed by atoms with Crippen LogP contribution in [0.2, 0.25) is 0 Å². The fraction of sp³-hybridized carbons (Fsp3) is 0.217. The van der Waals surface area contributed by atoms with Crippen LogP contribution in [0.3, 0.4) is 0 Å². The lowest BCUT2D eigenvalue weighted by Crippen LogP contribution is -2.14. The Labute approximate surface area is 165 Å². The van der Waals surface area contributed by atoms with Crippen molar-refractivity contribution >= 4 is 5.69 Å². The second kappa shape index (κ2) is 8.67. The molecule has 0 aliphatic rings. The second-order valence-corrected chi connectivity index (χ2v) is 6.98. The van der Waals surface area contributed by atoms with Crippen molar-refractivity contribution in [2.75, 3.05) is 0 Å². The summed E-state index contributed by atoms with van der Waals surface area (Å²) in [5.41, 5.74) is 6.40. The second-order valence-electron chi connectivity index (χ2n) is 6.98. The first-order valence-corrected chi connectivity index (χ1v) is 9.21. The number of nitro benzene ring substituents is 1. The average Bonchev–Trinajstić information content (AvgIpc) is 2.64. The summed E-state index contributed by atoms with van der Waals surface area (Å²) in [5.74, 6) is 1.28. The Hall–Kier alpha value is -3.18. The Morgan fingerprint density at radius 2 is 1.57 bits per heavy atom. The average molecular weight is 376 g/mol. The molecule has 0 unspecified atom stereocenters. The molecular weight excluding hydrogens is 352 g/mol. The summed E-state index contributed by atoms with van der Waals surface area (Å²) in [5, 5.41) is 14.2. The van der Waals surface area contributed by atoms with Gasteiger partial charge in [0.2, 0.25) is 0 Å². The lowest BCUT2D eigenvalue weighted by Gasteiger charge is -2.13. The number of hydrogen-bond acceptors (Lipinski definition) is 4. The third-order valence-electron chi connectivity index (χ3n) is 4.65. The van der Waals surface area contributed by atoms with Gasteiger partial charge < -0.3 is 10.1 Å². The van der Waals surface area contributed by atoms with Crippen LogP contribution in [0.5, 0.6) is 11.5 Å². The molecular formula is C23H24N2O3. The number of nitro groups is 1. The van der Waals surface area contributed by atoms with Crippen molar-refractivity contribution in [3.05, 3.63) is 98.6 Å². The molecule has 0 bridgehead atoms. The van der Waals surface area contributed by atoms with E-state index in [0.29, 0.717) is 11.5 Å². The van der Waals surface area contributed by atoms with Gasteiger partial charge in [-0.25, -0.2) is 0 Å². The molecule has 28 heavy (non-hydrogen) atoms. The Kier molecular flexibility index (Phi) is 6.06. The zero-order chi connectivity index (χ0) is 20.1. The number of non-ortho nitro benzene ring substituents is 1. The monoisotopic (exact) mass is 376 g/mol. The molecule has 0 aliphatic heterocycles.